The molecule has 4 aromatic rings. The molecule has 0 saturated heterocycles. The Labute approximate surface area is 157 Å². The second kappa shape index (κ2) is 7.12. The minimum atomic E-state index is -0.451. The summed E-state index contributed by atoms with van der Waals surface area (Å²) in [5.41, 5.74) is 1.52. The van der Waals surface area contributed by atoms with Crippen LogP contribution in [0, 0.1) is 10.1 Å². The molecule has 2 heterocycles. The van der Waals surface area contributed by atoms with Gasteiger partial charge in [0.15, 0.2) is 0 Å². The Morgan fingerprint density at radius 1 is 1.07 bits per heavy atom. The molecule has 0 aliphatic rings. The number of thioether (sulfide) groups is 1. The van der Waals surface area contributed by atoms with Crippen LogP contribution in [-0.2, 0) is 0 Å². The SMILES string of the molecule is C[C@@H](Sc1ncnc2ccccc12)c1nnc(-c2ccc([N+](=O)[O-])cc2)o1. The zero-order valence-corrected chi connectivity index (χ0v) is 15.0. The third kappa shape index (κ3) is 3.49. The van der Waals surface area contributed by atoms with Crippen LogP contribution in [0.15, 0.2) is 64.3 Å². The van der Waals surface area contributed by atoms with E-state index in [0.29, 0.717) is 17.3 Å². The number of nitrogens with zero attached hydrogens (tertiary/aromatic N) is 5. The lowest BCUT2D eigenvalue weighted by molar-refractivity contribution is -0.384. The van der Waals surface area contributed by atoms with Gasteiger partial charge in [0.2, 0.25) is 11.8 Å². The van der Waals surface area contributed by atoms with E-state index in [1.54, 1.807) is 12.1 Å². The predicted molar refractivity (Wildman–Crippen MR) is 100 cm³/mol. The number of fused-ring (bicyclic) bond motifs is 1. The Morgan fingerprint density at radius 3 is 2.63 bits per heavy atom. The standard InChI is InChI=1S/C18H13N5O3S/c1-11(27-18-14-4-2-3-5-15(14)19-10-20-18)16-21-22-17(26-16)12-6-8-13(9-7-12)23(24)25/h2-11H,1H3/t11-/m1/s1. The van der Waals surface area contributed by atoms with Crippen molar-refractivity contribution in [1.29, 1.82) is 0 Å². The highest BCUT2D eigenvalue weighted by atomic mass is 32.2. The van der Waals surface area contributed by atoms with Crippen LogP contribution >= 0.6 is 11.8 Å². The van der Waals surface area contributed by atoms with Crippen molar-refractivity contribution in [1.82, 2.24) is 20.2 Å². The number of para-hydroxylation sites is 1. The smallest absolute Gasteiger partial charge is 0.269 e. The Bertz CT molecular complexity index is 1110. The summed E-state index contributed by atoms with van der Waals surface area (Å²) >= 11 is 1.50. The van der Waals surface area contributed by atoms with E-state index in [-0.39, 0.29) is 10.9 Å². The van der Waals surface area contributed by atoms with Gasteiger partial charge in [0, 0.05) is 23.1 Å². The molecule has 0 spiro atoms. The number of non-ortho nitro benzene ring substituents is 1. The summed E-state index contributed by atoms with van der Waals surface area (Å²) in [5, 5.41) is 20.6. The monoisotopic (exact) mass is 379 g/mol. The van der Waals surface area contributed by atoms with Gasteiger partial charge in [-0.2, -0.15) is 0 Å². The molecule has 0 radical (unpaired) electrons. The van der Waals surface area contributed by atoms with Crippen molar-refractivity contribution in [3.05, 3.63) is 70.9 Å². The van der Waals surface area contributed by atoms with Crippen LogP contribution in [0.25, 0.3) is 22.4 Å². The van der Waals surface area contributed by atoms with Crippen LogP contribution < -0.4 is 0 Å². The number of nitro groups is 1. The number of aromatic nitrogens is 4. The van der Waals surface area contributed by atoms with Gasteiger partial charge in [-0.25, -0.2) is 9.97 Å². The van der Waals surface area contributed by atoms with Crippen molar-refractivity contribution in [3.63, 3.8) is 0 Å². The van der Waals surface area contributed by atoms with E-state index in [1.165, 1.54) is 30.2 Å². The maximum atomic E-state index is 10.7. The van der Waals surface area contributed by atoms with Gasteiger partial charge in [-0.05, 0) is 25.1 Å². The van der Waals surface area contributed by atoms with Gasteiger partial charge in [-0.1, -0.05) is 30.0 Å². The number of nitro benzene ring substituents is 1. The topological polar surface area (TPSA) is 108 Å². The van der Waals surface area contributed by atoms with E-state index in [2.05, 4.69) is 20.2 Å². The van der Waals surface area contributed by atoms with Crippen LogP contribution in [0.4, 0.5) is 5.69 Å². The highest BCUT2D eigenvalue weighted by Crippen LogP contribution is 2.36. The second-order valence-electron chi connectivity index (χ2n) is 5.71. The van der Waals surface area contributed by atoms with Crippen molar-refractivity contribution < 1.29 is 9.34 Å². The van der Waals surface area contributed by atoms with E-state index >= 15 is 0 Å². The van der Waals surface area contributed by atoms with Gasteiger partial charge < -0.3 is 4.42 Å². The first-order valence-electron chi connectivity index (χ1n) is 8.06. The zero-order valence-electron chi connectivity index (χ0n) is 14.1. The van der Waals surface area contributed by atoms with E-state index in [9.17, 15) is 10.1 Å². The molecule has 9 heteroatoms. The minimum absolute atomic E-state index is 0.0121. The molecule has 134 valence electrons. The second-order valence-corrected chi connectivity index (χ2v) is 7.03. The lowest BCUT2D eigenvalue weighted by atomic mass is 10.2. The number of hydrogen-bond acceptors (Lipinski definition) is 8. The molecule has 27 heavy (non-hydrogen) atoms. The fourth-order valence-corrected chi connectivity index (χ4v) is 3.47. The molecule has 0 amide bonds. The van der Waals surface area contributed by atoms with Crippen LogP contribution in [0.3, 0.4) is 0 Å². The summed E-state index contributed by atoms with van der Waals surface area (Å²) in [6.07, 6.45) is 1.54. The van der Waals surface area contributed by atoms with E-state index in [4.69, 9.17) is 4.42 Å². The number of rotatable bonds is 5. The highest BCUT2D eigenvalue weighted by Gasteiger charge is 2.18. The summed E-state index contributed by atoms with van der Waals surface area (Å²) in [6.45, 7) is 1.95. The number of hydrogen-bond donors (Lipinski definition) is 0. The summed E-state index contributed by atoms with van der Waals surface area (Å²) in [6, 6.07) is 13.8. The predicted octanol–water partition coefficient (Wildman–Crippen LogP) is 4.44. The normalized spacial score (nSPS) is 12.2. The first-order chi connectivity index (χ1) is 13.1. The Morgan fingerprint density at radius 2 is 1.85 bits per heavy atom. The summed E-state index contributed by atoms with van der Waals surface area (Å²) in [5.74, 6) is 0.774. The number of benzene rings is 2. The van der Waals surface area contributed by atoms with Crippen molar-refractivity contribution >= 4 is 28.4 Å². The Kier molecular flexibility index (Phi) is 4.51. The van der Waals surface area contributed by atoms with Gasteiger partial charge >= 0.3 is 0 Å². The zero-order chi connectivity index (χ0) is 18.8. The molecule has 0 N–H and O–H groups in total. The van der Waals surface area contributed by atoms with Crippen molar-refractivity contribution in [2.75, 3.05) is 0 Å². The molecule has 0 aliphatic heterocycles. The molecule has 2 aromatic heterocycles. The molecule has 2 aromatic carbocycles. The van der Waals surface area contributed by atoms with Crippen LogP contribution in [0.1, 0.15) is 18.1 Å². The Hall–Kier alpha value is -3.33. The van der Waals surface area contributed by atoms with Crippen LogP contribution in [0.5, 0.6) is 0 Å². The molecule has 0 aliphatic carbocycles. The van der Waals surface area contributed by atoms with Gasteiger partial charge in [-0.15, -0.1) is 10.2 Å². The average molecular weight is 379 g/mol. The van der Waals surface area contributed by atoms with E-state index in [0.717, 1.165) is 15.9 Å². The molecular formula is C18H13N5O3S. The average Bonchev–Trinajstić information content (AvgIpc) is 3.19. The molecule has 0 fully saturated rings. The van der Waals surface area contributed by atoms with Gasteiger partial charge in [-0.3, -0.25) is 10.1 Å². The third-order valence-electron chi connectivity index (χ3n) is 3.91. The largest absolute Gasteiger partial charge is 0.419 e. The first-order valence-corrected chi connectivity index (χ1v) is 8.94. The summed E-state index contributed by atoms with van der Waals surface area (Å²) in [7, 11) is 0. The molecular weight excluding hydrogens is 366 g/mol. The van der Waals surface area contributed by atoms with Crippen LogP contribution in [0.2, 0.25) is 0 Å². The molecule has 0 saturated carbocycles. The van der Waals surface area contributed by atoms with Crippen molar-refractivity contribution in [2.24, 2.45) is 0 Å². The minimum Gasteiger partial charge on any atom is -0.419 e. The lowest BCUT2D eigenvalue weighted by Crippen LogP contribution is -1.92. The summed E-state index contributed by atoms with van der Waals surface area (Å²) < 4.78 is 5.76. The van der Waals surface area contributed by atoms with Crippen LogP contribution in [-0.4, -0.2) is 25.1 Å². The summed E-state index contributed by atoms with van der Waals surface area (Å²) in [4.78, 5) is 18.9. The molecule has 8 nitrogen and oxygen atoms in total. The van der Waals surface area contributed by atoms with Crippen molar-refractivity contribution in [3.8, 4) is 11.5 Å². The van der Waals surface area contributed by atoms with Gasteiger partial charge in [0.1, 0.15) is 11.4 Å². The van der Waals surface area contributed by atoms with Crippen molar-refractivity contribution in [2.45, 2.75) is 17.2 Å². The lowest BCUT2D eigenvalue weighted by Gasteiger charge is -2.08. The fourth-order valence-electron chi connectivity index (χ4n) is 2.53. The quantitative estimate of drug-likeness (QED) is 0.217. The fraction of sp³-hybridized carbons (Fsp3) is 0.111. The van der Waals surface area contributed by atoms with Gasteiger partial charge in [0.25, 0.3) is 5.69 Å². The van der Waals surface area contributed by atoms with E-state index in [1.807, 2.05) is 31.2 Å². The maximum Gasteiger partial charge on any atom is 0.269 e. The molecule has 0 bridgehead atoms. The highest BCUT2D eigenvalue weighted by molar-refractivity contribution is 7.99. The Balaban J connectivity index is 1.56. The molecule has 1 atom stereocenters. The maximum absolute atomic E-state index is 10.7. The third-order valence-corrected chi connectivity index (χ3v) is 5.01. The molecule has 0 unspecified atom stereocenters. The first kappa shape index (κ1) is 17.1. The van der Waals surface area contributed by atoms with E-state index < -0.39 is 4.92 Å². The molecule has 4 rings (SSSR count). The van der Waals surface area contributed by atoms with Gasteiger partial charge in [0.05, 0.1) is 15.7 Å².